The van der Waals surface area contributed by atoms with Crippen molar-refractivity contribution in [2.24, 2.45) is 5.92 Å². The van der Waals surface area contributed by atoms with Crippen LogP contribution in [0.4, 0.5) is 0 Å². The number of likely N-dealkylation sites (tertiary alicyclic amines) is 1. The fourth-order valence-electron chi connectivity index (χ4n) is 2.39. The quantitative estimate of drug-likeness (QED) is 0.694. The Hall–Kier alpha value is 0.400. The summed E-state index contributed by atoms with van der Waals surface area (Å²) in [6.07, 6.45) is 5.41. The minimum Gasteiger partial charge on any atom is -0.305 e. The summed E-state index contributed by atoms with van der Waals surface area (Å²) in [5.41, 5.74) is 0. The van der Waals surface area contributed by atoms with E-state index in [1.165, 1.54) is 45.3 Å². The summed E-state index contributed by atoms with van der Waals surface area (Å²) in [4.78, 5) is 5.03. The molecule has 1 rings (SSSR count). The van der Waals surface area contributed by atoms with Gasteiger partial charge in [-0.05, 0) is 58.8 Å². The van der Waals surface area contributed by atoms with Gasteiger partial charge < -0.3 is 9.80 Å². The maximum atomic E-state index is 3.52. The van der Waals surface area contributed by atoms with Crippen molar-refractivity contribution >= 4 is 15.9 Å². The zero-order chi connectivity index (χ0) is 12.0. The number of nitrogens with zero attached hydrogens (tertiary/aromatic N) is 2. The molecule has 96 valence electrons. The van der Waals surface area contributed by atoms with Crippen LogP contribution in [0, 0.1) is 5.92 Å². The molecule has 0 amide bonds. The topological polar surface area (TPSA) is 6.48 Å². The lowest BCUT2D eigenvalue weighted by Gasteiger charge is -2.36. The predicted molar refractivity (Wildman–Crippen MR) is 75.3 cm³/mol. The Kier molecular flexibility index (Phi) is 6.94. The zero-order valence-electron chi connectivity index (χ0n) is 11.1. The number of piperidine rings is 1. The first-order valence-corrected chi connectivity index (χ1v) is 7.70. The Bertz CT molecular complexity index is 185. The van der Waals surface area contributed by atoms with Gasteiger partial charge in [0.15, 0.2) is 0 Å². The second kappa shape index (κ2) is 7.67. The smallest absolute Gasteiger partial charge is 0.0217 e. The third-order valence-corrected chi connectivity index (χ3v) is 4.21. The molecule has 0 aromatic carbocycles. The molecular formula is C13H27BrN2. The summed E-state index contributed by atoms with van der Waals surface area (Å²) < 4.78 is 0. The van der Waals surface area contributed by atoms with Gasteiger partial charge in [0.2, 0.25) is 0 Å². The molecule has 0 aromatic rings. The summed E-state index contributed by atoms with van der Waals surface area (Å²) >= 11 is 3.52. The molecule has 0 N–H and O–H groups in total. The molecule has 3 heteroatoms. The van der Waals surface area contributed by atoms with Gasteiger partial charge in [-0.15, -0.1) is 0 Å². The van der Waals surface area contributed by atoms with Crippen molar-refractivity contribution in [2.45, 2.75) is 38.6 Å². The van der Waals surface area contributed by atoms with Gasteiger partial charge in [-0.3, -0.25) is 0 Å². The van der Waals surface area contributed by atoms with Crippen molar-refractivity contribution in [2.75, 3.05) is 39.1 Å². The van der Waals surface area contributed by atoms with Gasteiger partial charge in [0.05, 0.1) is 0 Å². The minimum atomic E-state index is 0.778. The minimum absolute atomic E-state index is 0.778. The third kappa shape index (κ3) is 5.15. The van der Waals surface area contributed by atoms with E-state index in [0.717, 1.165) is 17.3 Å². The van der Waals surface area contributed by atoms with Crippen molar-refractivity contribution < 1.29 is 0 Å². The first kappa shape index (κ1) is 14.5. The lowest BCUT2D eigenvalue weighted by Crippen LogP contribution is -2.45. The van der Waals surface area contributed by atoms with Crippen LogP contribution >= 0.6 is 15.9 Å². The molecule has 0 aliphatic carbocycles. The molecule has 0 bridgehead atoms. The zero-order valence-corrected chi connectivity index (χ0v) is 12.7. The summed E-state index contributed by atoms with van der Waals surface area (Å²) in [5.74, 6) is 0.860. The van der Waals surface area contributed by atoms with Crippen molar-refractivity contribution in [1.29, 1.82) is 0 Å². The van der Waals surface area contributed by atoms with Crippen LogP contribution in [-0.2, 0) is 0 Å². The van der Waals surface area contributed by atoms with Gasteiger partial charge in [0, 0.05) is 17.9 Å². The second-order valence-electron chi connectivity index (χ2n) is 5.43. The van der Waals surface area contributed by atoms with Crippen LogP contribution in [0.25, 0.3) is 0 Å². The van der Waals surface area contributed by atoms with Crippen LogP contribution in [0.2, 0.25) is 0 Å². The molecule has 0 spiro atoms. The average molecular weight is 291 g/mol. The molecule has 2 atom stereocenters. The SMILES string of the molecule is CC(CCBr)CCN1CCCC(N(C)C)C1. The van der Waals surface area contributed by atoms with E-state index in [4.69, 9.17) is 0 Å². The highest BCUT2D eigenvalue weighted by molar-refractivity contribution is 9.09. The molecule has 2 unspecified atom stereocenters. The average Bonchev–Trinajstić information content (AvgIpc) is 2.27. The Morgan fingerprint density at radius 2 is 2.12 bits per heavy atom. The molecule has 0 radical (unpaired) electrons. The van der Waals surface area contributed by atoms with E-state index in [1.807, 2.05) is 0 Å². The van der Waals surface area contributed by atoms with Crippen LogP contribution < -0.4 is 0 Å². The number of hydrogen-bond donors (Lipinski definition) is 0. The van der Waals surface area contributed by atoms with Crippen LogP contribution in [0.15, 0.2) is 0 Å². The van der Waals surface area contributed by atoms with E-state index < -0.39 is 0 Å². The largest absolute Gasteiger partial charge is 0.305 e. The maximum Gasteiger partial charge on any atom is 0.0217 e. The first-order valence-electron chi connectivity index (χ1n) is 6.58. The standard InChI is InChI=1S/C13H27BrN2/c1-12(6-8-14)7-10-16-9-4-5-13(11-16)15(2)3/h12-13H,4-11H2,1-3H3. The Morgan fingerprint density at radius 3 is 2.75 bits per heavy atom. The van der Waals surface area contributed by atoms with E-state index in [0.29, 0.717) is 0 Å². The summed E-state index contributed by atoms with van der Waals surface area (Å²) in [5, 5.41) is 1.15. The number of rotatable bonds is 6. The van der Waals surface area contributed by atoms with Gasteiger partial charge in [-0.25, -0.2) is 0 Å². The van der Waals surface area contributed by atoms with Crippen LogP contribution in [0.5, 0.6) is 0 Å². The van der Waals surface area contributed by atoms with Crippen LogP contribution in [0.3, 0.4) is 0 Å². The highest BCUT2D eigenvalue weighted by atomic mass is 79.9. The Morgan fingerprint density at radius 1 is 1.38 bits per heavy atom. The van der Waals surface area contributed by atoms with E-state index in [2.05, 4.69) is 46.7 Å². The summed E-state index contributed by atoms with van der Waals surface area (Å²) in [7, 11) is 4.42. The maximum absolute atomic E-state index is 3.52. The Labute approximate surface area is 109 Å². The molecule has 1 saturated heterocycles. The van der Waals surface area contributed by atoms with Gasteiger partial charge in [0.25, 0.3) is 0 Å². The first-order chi connectivity index (χ1) is 7.63. The van der Waals surface area contributed by atoms with Crippen LogP contribution in [-0.4, -0.2) is 54.9 Å². The second-order valence-corrected chi connectivity index (χ2v) is 6.22. The number of alkyl halides is 1. The summed E-state index contributed by atoms with van der Waals surface area (Å²) in [6.45, 7) is 6.24. The molecule has 1 heterocycles. The third-order valence-electron chi connectivity index (χ3n) is 3.75. The highest BCUT2D eigenvalue weighted by Gasteiger charge is 2.21. The van der Waals surface area contributed by atoms with E-state index in [1.54, 1.807) is 0 Å². The van der Waals surface area contributed by atoms with Crippen molar-refractivity contribution in [1.82, 2.24) is 9.80 Å². The van der Waals surface area contributed by atoms with Gasteiger partial charge in [-0.1, -0.05) is 22.9 Å². The lowest BCUT2D eigenvalue weighted by molar-refractivity contribution is 0.128. The van der Waals surface area contributed by atoms with Crippen LogP contribution in [0.1, 0.15) is 32.6 Å². The predicted octanol–water partition coefficient (Wildman–Crippen LogP) is 2.82. The summed E-state index contributed by atoms with van der Waals surface area (Å²) in [6, 6.07) is 0.778. The van der Waals surface area contributed by atoms with Crippen molar-refractivity contribution in [3.05, 3.63) is 0 Å². The van der Waals surface area contributed by atoms with Crippen molar-refractivity contribution in [3.63, 3.8) is 0 Å². The number of halogens is 1. The monoisotopic (exact) mass is 290 g/mol. The number of likely N-dealkylation sites (N-methyl/N-ethyl adjacent to an activating group) is 1. The van der Waals surface area contributed by atoms with E-state index >= 15 is 0 Å². The van der Waals surface area contributed by atoms with Gasteiger partial charge in [-0.2, -0.15) is 0 Å². The van der Waals surface area contributed by atoms with Gasteiger partial charge >= 0.3 is 0 Å². The molecule has 1 aliphatic rings. The van der Waals surface area contributed by atoms with Gasteiger partial charge in [0.1, 0.15) is 0 Å². The molecule has 0 saturated carbocycles. The molecular weight excluding hydrogens is 264 g/mol. The molecule has 1 fully saturated rings. The van der Waals surface area contributed by atoms with Crippen molar-refractivity contribution in [3.8, 4) is 0 Å². The van der Waals surface area contributed by atoms with E-state index in [-0.39, 0.29) is 0 Å². The molecule has 16 heavy (non-hydrogen) atoms. The lowest BCUT2D eigenvalue weighted by atomic mass is 10.0. The Balaban J connectivity index is 2.21. The highest BCUT2D eigenvalue weighted by Crippen LogP contribution is 2.16. The fourth-order valence-corrected chi connectivity index (χ4v) is 3.17. The molecule has 2 nitrogen and oxygen atoms in total. The van der Waals surface area contributed by atoms with E-state index in [9.17, 15) is 0 Å². The normalized spacial score (nSPS) is 24.9. The number of hydrogen-bond acceptors (Lipinski definition) is 2. The molecule has 1 aliphatic heterocycles. The fraction of sp³-hybridized carbons (Fsp3) is 1.00. The molecule has 0 aromatic heterocycles.